The van der Waals surface area contributed by atoms with Crippen molar-refractivity contribution in [3.63, 3.8) is 0 Å². The van der Waals surface area contributed by atoms with Gasteiger partial charge < -0.3 is 10.6 Å². The smallest absolute Gasteiger partial charge is 0.222 e. The second-order valence-corrected chi connectivity index (χ2v) is 10.1. The van der Waals surface area contributed by atoms with Crippen LogP contribution in [0.25, 0.3) is 0 Å². The average Bonchev–Trinajstić information content (AvgIpc) is 2.74. The van der Waals surface area contributed by atoms with E-state index in [0.717, 1.165) is 12.8 Å². The molecule has 178 valence electrons. The standard InChI is InChI=1S/C24H48N2O3S/c1-3-5-6-7-8-9-10-11-12-13-14-15-16-17-18-19-23(27)25-22-26-24(28)20-21-30(29)4-2/h3-22H2,1-2H3,(H,25,27)(H,26,28). The molecule has 0 spiro atoms. The first-order valence-corrected chi connectivity index (χ1v) is 14.0. The van der Waals surface area contributed by atoms with Gasteiger partial charge in [0.1, 0.15) is 0 Å². The lowest BCUT2D eigenvalue weighted by molar-refractivity contribution is -0.122. The Labute approximate surface area is 188 Å². The van der Waals surface area contributed by atoms with Gasteiger partial charge >= 0.3 is 0 Å². The molecule has 0 aromatic heterocycles. The van der Waals surface area contributed by atoms with Crippen molar-refractivity contribution < 1.29 is 13.8 Å². The maximum atomic E-state index is 11.8. The largest absolute Gasteiger partial charge is 0.339 e. The second-order valence-electron chi connectivity index (χ2n) is 8.26. The molecule has 1 unspecified atom stereocenters. The first kappa shape index (κ1) is 29.1. The van der Waals surface area contributed by atoms with Crippen LogP contribution in [0.1, 0.15) is 123 Å². The Morgan fingerprint density at radius 1 is 0.600 bits per heavy atom. The molecule has 0 aromatic rings. The number of unbranched alkanes of at least 4 members (excludes halogenated alkanes) is 14. The van der Waals surface area contributed by atoms with Crippen molar-refractivity contribution in [3.8, 4) is 0 Å². The molecule has 5 nitrogen and oxygen atoms in total. The first-order chi connectivity index (χ1) is 14.6. The van der Waals surface area contributed by atoms with E-state index in [0.29, 0.717) is 17.9 Å². The zero-order valence-corrected chi connectivity index (χ0v) is 20.6. The van der Waals surface area contributed by atoms with Gasteiger partial charge in [0.25, 0.3) is 0 Å². The summed E-state index contributed by atoms with van der Waals surface area (Å²) in [6.45, 7) is 4.27. The third-order valence-corrected chi connectivity index (χ3v) is 6.76. The molecule has 6 heteroatoms. The molecular weight excluding hydrogens is 396 g/mol. The van der Waals surface area contributed by atoms with Gasteiger partial charge in [0.2, 0.25) is 11.8 Å². The quantitative estimate of drug-likeness (QED) is 0.169. The Balaban J connectivity index is 3.28. The summed E-state index contributed by atoms with van der Waals surface area (Å²) in [7, 11) is -0.923. The van der Waals surface area contributed by atoms with Crippen molar-refractivity contribution in [3.05, 3.63) is 0 Å². The Hall–Kier alpha value is -0.910. The third-order valence-electron chi connectivity index (χ3n) is 5.46. The average molecular weight is 445 g/mol. The molecule has 0 aliphatic carbocycles. The van der Waals surface area contributed by atoms with Crippen molar-refractivity contribution in [2.45, 2.75) is 123 Å². The van der Waals surface area contributed by atoms with Gasteiger partial charge in [-0.25, -0.2) is 0 Å². The second kappa shape index (κ2) is 22.8. The lowest BCUT2D eigenvalue weighted by Crippen LogP contribution is -2.37. The highest BCUT2D eigenvalue weighted by atomic mass is 32.2. The lowest BCUT2D eigenvalue weighted by atomic mass is 10.0. The molecule has 0 saturated carbocycles. The summed E-state index contributed by atoms with van der Waals surface area (Å²) in [5.41, 5.74) is 0. The van der Waals surface area contributed by atoms with Crippen LogP contribution in [-0.2, 0) is 20.4 Å². The first-order valence-electron chi connectivity index (χ1n) is 12.5. The minimum atomic E-state index is -0.923. The molecule has 0 aliphatic rings. The number of rotatable bonds is 22. The minimum Gasteiger partial charge on any atom is -0.339 e. The number of carbonyl (C=O) groups excluding carboxylic acids is 2. The van der Waals surface area contributed by atoms with E-state index in [1.807, 2.05) is 6.92 Å². The van der Waals surface area contributed by atoms with Crippen LogP contribution >= 0.6 is 0 Å². The predicted octanol–water partition coefficient (Wildman–Crippen LogP) is 5.60. The SMILES string of the molecule is CCCCCCCCCCCCCCCCCC(=O)NCNC(=O)CCS(=O)CC. The molecular formula is C24H48N2O3S. The van der Waals surface area contributed by atoms with Crippen LogP contribution in [0.5, 0.6) is 0 Å². The fourth-order valence-electron chi connectivity index (χ4n) is 3.43. The normalized spacial score (nSPS) is 11.9. The Kier molecular flexibility index (Phi) is 22.1. The summed E-state index contributed by atoms with van der Waals surface area (Å²) >= 11 is 0. The molecule has 2 N–H and O–H groups in total. The maximum Gasteiger partial charge on any atom is 0.222 e. The van der Waals surface area contributed by atoms with Crippen LogP contribution in [-0.4, -0.2) is 34.2 Å². The highest BCUT2D eigenvalue weighted by molar-refractivity contribution is 7.84. The van der Waals surface area contributed by atoms with Gasteiger partial charge in [0, 0.05) is 35.1 Å². The Bertz CT molecular complexity index is 444. The van der Waals surface area contributed by atoms with Crippen LogP contribution in [0.3, 0.4) is 0 Å². The van der Waals surface area contributed by atoms with Gasteiger partial charge in [-0.2, -0.15) is 0 Å². The number of hydrogen-bond acceptors (Lipinski definition) is 3. The molecule has 0 bridgehead atoms. The van der Waals surface area contributed by atoms with Gasteiger partial charge in [-0.3, -0.25) is 13.8 Å². The number of nitrogens with one attached hydrogen (secondary N) is 2. The molecule has 0 rings (SSSR count). The van der Waals surface area contributed by atoms with Gasteiger partial charge in [-0.1, -0.05) is 104 Å². The maximum absolute atomic E-state index is 11.8. The van der Waals surface area contributed by atoms with E-state index in [2.05, 4.69) is 17.6 Å². The molecule has 1 atom stereocenters. The molecule has 0 fully saturated rings. The number of carbonyl (C=O) groups is 2. The summed E-state index contributed by atoms with van der Waals surface area (Å²) < 4.78 is 11.3. The van der Waals surface area contributed by atoms with E-state index in [1.165, 1.54) is 83.5 Å². The summed E-state index contributed by atoms with van der Waals surface area (Å²) in [6, 6.07) is 0. The molecule has 2 amide bonds. The van der Waals surface area contributed by atoms with E-state index >= 15 is 0 Å². The van der Waals surface area contributed by atoms with Gasteiger partial charge in [-0.15, -0.1) is 0 Å². The summed E-state index contributed by atoms with van der Waals surface area (Å²) in [6.07, 6.45) is 20.5. The van der Waals surface area contributed by atoms with Gasteiger partial charge in [-0.05, 0) is 6.42 Å². The third kappa shape index (κ3) is 21.8. The van der Waals surface area contributed by atoms with Crippen molar-refractivity contribution in [2.24, 2.45) is 0 Å². The Morgan fingerprint density at radius 2 is 1.00 bits per heavy atom. The number of amides is 2. The topological polar surface area (TPSA) is 75.3 Å². The monoisotopic (exact) mass is 444 g/mol. The van der Waals surface area contributed by atoms with Gasteiger partial charge in [0.15, 0.2) is 0 Å². The highest BCUT2D eigenvalue weighted by Crippen LogP contribution is 2.13. The highest BCUT2D eigenvalue weighted by Gasteiger charge is 2.05. The van der Waals surface area contributed by atoms with Crippen molar-refractivity contribution in [1.29, 1.82) is 0 Å². The zero-order valence-electron chi connectivity index (χ0n) is 19.8. The van der Waals surface area contributed by atoms with Crippen molar-refractivity contribution >= 4 is 22.6 Å². The van der Waals surface area contributed by atoms with Crippen LogP contribution < -0.4 is 10.6 Å². The fraction of sp³-hybridized carbons (Fsp3) is 0.917. The summed E-state index contributed by atoms with van der Waals surface area (Å²) in [4.78, 5) is 23.3. The van der Waals surface area contributed by atoms with Crippen LogP contribution in [0.4, 0.5) is 0 Å². The van der Waals surface area contributed by atoms with E-state index < -0.39 is 10.8 Å². The molecule has 0 saturated heterocycles. The zero-order chi connectivity index (χ0) is 22.3. The number of hydrogen-bond donors (Lipinski definition) is 2. The van der Waals surface area contributed by atoms with Crippen LogP contribution in [0.15, 0.2) is 0 Å². The van der Waals surface area contributed by atoms with E-state index in [-0.39, 0.29) is 24.9 Å². The van der Waals surface area contributed by atoms with Crippen LogP contribution in [0.2, 0.25) is 0 Å². The van der Waals surface area contributed by atoms with E-state index in [1.54, 1.807) is 0 Å². The molecule has 0 aromatic carbocycles. The molecule has 0 radical (unpaired) electrons. The van der Waals surface area contributed by atoms with Crippen molar-refractivity contribution in [1.82, 2.24) is 10.6 Å². The summed E-state index contributed by atoms with van der Waals surface area (Å²) in [5, 5.41) is 5.36. The van der Waals surface area contributed by atoms with Crippen LogP contribution in [0, 0.1) is 0 Å². The van der Waals surface area contributed by atoms with E-state index in [9.17, 15) is 13.8 Å². The van der Waals surface area contributed by atoms with Gasteiger partial charge in [0.05, 0.1) is 6.67 Å². The minimum absolute atomic E-state index is 0.0119. The summed E-state index contributed by atoms with van der Waals surface area (Å²) in [5.74, 6) is 0.782. The molecule has 0 heterocycles. The lowest BCUT2D eigenvalue weighted by Gasteiger charge is -2.07. The van der Waals surface area contributed by atoms with E-state index in [4.69, 9.17) is 0 Å². The Morgan fingerprint density at radius 3 is 1.43 bits per heavy atom. The predicted molar refractivity (Wildman–Crippen MR) is 129 cm³/mol. The molecule has 30 heavy (non-hydrogen) atoms. The molecule has 0 aliphatic heterocycles. The fourth-order valence-corrected chi connectivity index (χ4v) is 4.13. The van der Waals surface area contributed by atoms with Crippen molar-refractivity contribution in [2.75, 3.05) is 18.2 Å².